The SMILES string of the molecule is CCNC(=O)c1cccc(CC2CNC2)c1. The van der Waals surface area contributed by atoms with E-state index in [0.717, 1.165) is 31.0 Å². The first kappa shape index (κ1) is 11.1. The highest BCUT2D eigenvalue weighted by Gasteiger charge is 2.17. The number of hydrogen-bond donors (Lipinski definition) is 2. The van der Waals surface area contributed by atoms with Crippen LogP contribution in [0.15, 0.2) is 24.3 Å². The Balaban J connectivity index is 2.03. The van der Waals surface area contributed by atoms with Crippen molar-refractivity contribution in [2.75, 3.05) is 19.6 Å². The van der Waals surface area contributed by atoms with Crippen LogP contribution in [0.5, 0.6) is 0 Å². The van der Waals surface area contributed by atoms with Crippen molar-refractivity contribution in [1.29, 1.82) is 0 Å². The standard InChI is InChI=1S/C13H18N2O/c1-2-15-13(16)12-5-3-4-10(7-12)6-11-8-14-9-11/h3-5,7,11,14H,2,6,8-9H2,1H3,(H,15,16). The van der Waals surface area contributed by atoms with Crippen molar-refractivity contribution < 1.29 is 4.79 Å². The van der Waals surface area contributed by atoms with Gasteiger partial charge in [0.05, 0.1) is 0 Å². The Bertz CT molecular complexity index is 372. The van der Waals surface area contributed by atoms with Gasteiger partial charge in [0.25, 0.3) is 5.91 Å². The molecular formula is C13H18N2O. The number of benzene rings is 1. The number of amides is 1. The molecule has 3 heteroatoms. The summed E-state index contributed by atoms with van der Waals surface area (Å²) in [6.45, 7) is 4.81. The first-order valence-corrected chi connectivity index (χ1v) is 5.87. The van der Waals surface area contributed by atoms with Crippen molar-refractivity contribution in [3.63, 3.8) is 0 Å². The smallest absolute Gasteiger partial charge is 0.251 e. The van der Waals surface area contributed by atoms with Gasteiger partial charge in [0, 0.05) is 12.1 Å². The predicted octanol–water partition coefficient (Wildman–Crippen LogP) is 1.20. The maximum absolute atomic E-state index is 11.6. The predicted molar refractivity (Wildman–Crippen MR) is 64.5 cm³/mol. The Kier molecular flexibility index (Phi) is 3.57. The second kappa shape index (κ2) is 5.12. The lowest BCUT2D eigenvalue weighted by molar-refractivity contribution is 0.0955. The monoisotopic (exact) mass is 218 g/mol. The first-order chi connectivity index (χ1) is 7.79. The minimum atomic E-state index is 0.0242. The molecule has 1 amide bonds. The van der Waals surface area contributed by atoms with Crippen LogP contribution < -0.4 is 10.6 Å². The number of rotatable bonds is 4. The molecule has 1 aromatic carbocycles. The fourth-order valence-corrected chi connectivity index (χ4v) is 1.93. The molecule has 0 atom stereocenters. The number of carbonyl (C=O) groups excluding carboxylic acids is 1. The molecular weight excluding hydrogens is 200 g/mol. The van der Waals surface area contributed by atoms with E-state index in [1.807, 2.05) is 25.1 Å². The lowest BCUT2D eigenvalue weighted by Crippen LogP contribution is -2.43. The second-order valence-electron chi connectivity index (χ2n) is 4.29. The molecule has 2 N–H and O–H groups in total. The van der Waals surface area contributed by atoms with E-state index >= 15 is 0 Å². The third kappa shape index (κ3) is 2.61. The van der Waals surface area contributed by atoms with Crippen molar-refractivity contribution in [3.8, 4) is 0 Å². The van der Waals surface area contributed by atoms with Crippen molar-refractivity contribution in [2.45, 2.75) is 13.3 Å². The maximum atomic E-state index is 11.6. The van der Waals surface area contributed by atoms with E-state index < -0.39 is 0 Å². The van der Waals surface area contributed by atoms with Gasteiger partial charge in [0.15, 0.2) is 0 Å². The van der Waals surface area contributed by atoms with E-state index in [9.17, 15) is 4.79 Å². The molecule has 1 aromatic rings. The third-order valence-electron chi connectivity index (χ3n) is 2.92. The molecule has 1 aliphatic rings. The molecule has 0 spiro atoms. The third-order valence-corrected chi connectivity index (χ3v) is 2.92. The summed E-state index contributed by atoms with van der Waals surface area (Å²) in [5.74, 6) is 0.764. The van der Waals surface area contributed by atoms with E-state index in [2.05, 4.69) is 16.7 Å². The molecule has 0 saturated carbocycles. The van der Waals surface area contributed by atoms with Crippen LogP contribution in [-0.2, 0) is 6.42 Å². The van der Waals surface area contributed by atoms with Crippen molar-refractivity contribution >= 4 is 5.91 Å². The van der Waals surface area contributed by atoms with Crippen LogP contribution in [0, 0.1) is 5.92 Å². The molecule has 1 heterocycles. The number of nitrogens with one attached hydrogen (secondary N) is 2. The summed E-state index contributed by atoms with van der Waals surface area (Å²) in [6, 6.07) is 7.93. The minimum absolute atomic E-state index is 0.0242. The van der Waals surface area contributed by atoms with E-state index in [1.54, 1.807) is 0 Å². The Hall–Kier alpha value is -1.35. The zero-order valence-corrected chi connectivity index (χ0v) is 9.62. The number of hydrogen-bond acceptors (Lipinski definition) is 2. The summed E-state index contributed by atoms with van der Waals surface area (Å²) in [4.78, 5) is 11.6. The van der Waals surface area contributed by atoms with E-state index in [4.69, 9.17) is 0 Å². The number of carbonyl (C=O) groups is 1. The molecule has 0 aromatic heterocycles. The van der Waals surface area contributed by atoms with Gasteiger partial charge in [-0.3, -0.25) is 4.79 Å². The molecule has 16 heavy (non-hydrogen) atoms. The van der Waals surface area contributed by atoms with Gasteiger partial charge in [-0.05, 0) is 50.0 Å². The van der Waals surface area contributed by atoms with Gasteiger partial charge in [0.2, 0.25) is 0 Å². The molecule has 2 rings (SSSR count). The summed E-state index contributed by atoms with van der Waals surface area (Å²) in [7, 11) is 0. The van der Waals surface area contributed by atoms with Crippen LogP contribution in [0.2, 0.25) is 0 Å². The largest absolute Gasteiger partial charge is 0.352 e. The highest BCUT2D eigenvalue weighted by atomic mass is 16.1. The molecule has 0 unspecified atom stereocenters. The summed E-state index contributed by atoms with van der Waals surface area (Å²) >= 11 is 0. The first-order valence-electron chi connectivity index (χ1n) is 5.87. The molecule has 0 radical (unpaired) electrons. The lowest BCUT2D eigenvalue weighted by Gasteiger charge is -2.27. The molecule has 0 bridgehead atoms. The molecule has 1 aliphatic heterocycles. The molecule has 86 valence electrons. The highest BCUT2D eigenvalue weighted by molar-refractivity contribution is 5.94. The van der Waals surface area contributed by atoms with Gasteiger partial charge in [-0.2, -0.15) is 0 Å². The Morgan fingerprint density at radius 3 is 2.94 bits per heavy atom. The fourth-order valence-electron chi connectivity index (χ4n) is 1.93. The van der Waals surface area contributed by atoms with Gasteiger partial charge in [-0.15, -0.1) is 0 Å². The van der Waals surface area contributed by atoms with E-state index in [1.165, 1.54) is 5.56 Å². The van der Waals surface area contributed by atoms with Gasteiger partial charge >= 0.3 is 0 Å². The minimum Gasteiger partial charge on any atom is -0.352 e. The topological polar surface area (TPSA) is 41.1 Å². The Labute approximate surface area is 96.2 Å². The van der Waals surface area contributed by atoms with Crippen LogP contribution in [0.4, 0.5) is 0 Å². The van der Waals surface area contributed by atoms with Gasteiger partial charge < -0.3 is 10.6 Å². The zero-order chi connectivity index (χ0) is 11.4. The van der Waals surface area contributed by atoms with E-state index in [0.29, 0.717) is 6.54 Å². The Morgan fingerprint density at radius 2 is 2.31 bits per heavy atom. The summed E-state index contributed by atoms with van der Waals surface area (Å²) < 4.78 is 0. The summed E-state index contributed by atoms with van der Waals surface area (Å²) in [5.41, 5.74) is 2.03. The van der Waals surface area contributed by atoms with Gasteiger partial charge in [-0.25, -0.2) is 0 Å². The highest BCUT2D eigenvalue weighted by Crippen LogP contribution is 2.14. The second-order valence-corrected chi connectivity index (χ2v) is 4.29. The van der Waals surface area contributed by atoms with Crippen molar-refractivity contribution in [3.05, 3.63) is 35.4 Å². The summed E-state index contributed by atoms with van der Waals surface area (Å²) in [5, 5.41) is 6.08. The van der Waals surface area contributed by atoms with Crippen LogP contribution in [-0.4, -0.2) is 25.5 Å². The van der Waals surface area contributed by atoms with Crippen LogP contribution in [0.3, 0.4) is 0 Å². The molecule has 1 saturated heterocycles. The van der Waals surface area contributed by atoms with Crippen molar-refractivity contribution in [2.24, 2.45) is 5.92 Å². The quantitative estimate of drug-likeness (QED) is 0.797. The lowest BCUT2D eigenvalue weighted by atomic mass is 9.93. The normalized spacial score (nSPS) is 15.6. The maximum Gasteiger partial charge on any atom is 0.251 e. The fraction of sp³-hybridized carbons (Fsp3) is 0.462. The van der Waals surface area contributed by atoms with Crippen molar-refractivity contribution in [1.82, 2.24) is 10.6 Å². The molecule has 1 fully saturated rings. The van der Waals surface area contributed by atoms with Crippen LogP contribution >= 0.6 is 0 Å². The van der Waals surface area contributed by atoms with Crippen LogP contribution in [0.25, 0.3) is 0 Å². The average Bonchev–Trinajstić information content (AvgIpc) is 2.24. The van der Waals surface area contributed by atoms with Crippen LogP contribution in [0.1, 0.15) is 22.8 Å². The molecule has 0 aliphatic carbocycles. The van der Waals surface area contributed by atoms with Gasteiger partial charge in [0.1, 0.15) is 0 Å². The molecule has 3 nitrogen and oxygen atoms in total. The summed E-state index contributed by atoms with van der Waals surface area (Å²) in [6.07, 6.45) is 1.07. The average molecular weight is 218 g/mol. The Morgan fingerprint density at radius 1 is 1.50 bits per heavy atom. The van der Waals surface area contributed by atoms with E-state index in [-0.39, 0.29) is 5.91 Å². The zero-order valence-electron chi connectivity index (χ0n) is 9.62. The van der Waals surface area contributed by atoms with Gasteiger partial charge in [-0.1, -0.05) is 12.1 Å².